The molecular weight excluding hydrogens is 228 g/mol. The second-order valence-corrected chi connectivity index (χ2v) is 6.00. The fourth-order valence-electron chi connectivity index (χ4n) is 2.84. The maximum atomic E-state index is 11.7. The smallest absolute Gasteiger partial charge is 0.236 e. The van der Waals surface area contributed by atoms with Gasteiger partial charge in [-0.2, -0.15) is 0 Å². The van der Waals surface area contributed by atoms with Gasteiger partial charge in [-0.25, -0.2) is 0 Å². The number of amides is 2. The van der Waals surface area contributed by atoms with Crippen LogP contribution in [-0.4, -0.2) is 18.4 Å². The summed E-state index contributed by atoms with van der Waals surface area (Å²) in [5, 5.41) is 2.58. The Hall–Kier alpha value is -1.06. The molecule has 1 fully saturated rings. The van der Waals surface area contributed by atoms with Gasteiger partial charge in [0.05, 0.1) is 6.54 Å². The summed E-state index contributed by atoms with van der Waals surface area (Å²) >= 11 is 0. The normalized spacial score (nSPS) is 28.1. The summed E-state index contributed by atoms with van der Waals surface area (Å²) in [5.41, 5.74) is 5.01. The fourth-order valence-corrected chi connectivity index (χ4v) is 2.84. The number of carbonyl (C=O) groups is 2. The largest absolute Gasteiger partial charge is 0.368 e. The van der Waals surface area contributed by atoms with E-state index in [1.165, 1.54) is 12.8 Å². The fraction of sp³-hybridized carbons (Fsp3) is 0.857. The van der Waals surface area contributed by atoms with Crippen LogP contribution in [0.3, 0.4) is 0 Å². The lowest BCUT2D eigenvalue weighted by Gasteiger charge is -2.36. The summed E-state index contributed by atoms with van der Waals surface area (Å²) in [5.74, 6) is 1.93. The minimum atomic E-state index is -0.486. The van der Waals surface area contributed by atoms with E-state index < -0.39 is 5.91 Å². The number of hydrogen-bond donors (Lipinski definition) is 2. The molecule has 0 heterocycles. The monoisotopic (exact) mass is 254 g/mol. The molecule has 18 heavy (non-hydrogen) atoms. The van der Waals surface area contributed by atoms with Gasteiger partial charge in [-0.15, -0.1) is 0 Å². The van der Waals surface area contributed by atoms with E-state index in [9.17, 15) is 9.59 Å². The Bertz CT molecular complexity index is 302. The summed E-state index contributed by atoms with van der Waals surface area (Å²) in [4.78, 5) is 22.3. The molecule has 0 saturated heterocycles. The summed E-state index contributed by atoms with van der Waals surface area (Å²) < 4.78 is 0. The van der Waals surface area contributed by atoms with Crippen LogP contribution < -0.4 is 11.1 Å². The number of rotatable bonds is 5. The molecule has 0 aromatic heterocycles. The van der Waals surface area contributed by atoms with Crippen molar-refractivity contribution in [3.63, 3.8) is 0 Å². The van der Waals surface area contributed by atoms with Crippen LogP contribution in [0.1, 0.15) is 46.5 Å². The van der Waals surface area contributed by atoms with E-state index in [1.54, 1.807) is 0 Å². The predicted octanol–water partition coefficient (Wildman–Crippen LogP) is 1.69. The van der Waals surface area contributed by atoms with E-state index in [4.69, 9.17) is 5.73 Å². The molecule has 0 aliphatic heterocycles. The third kappa shape index (κ3) is 4.67. The van der Waals surface area contributed by atoms with Gasteiger partial charge in [-0.05, 0) is 36.5 Å². The van der Waals surface area contributed by atoms with E-state index in [-0.39, 0.29) is 12.5 Å². The summed E-state index contributed by atoms with van der Waals surface area (Å²) in [6.07, 6.45) is 4.13. The van der Waals surface area contributed by atoms with Gasteiger partial charge in [0.2, 0.25) is 11.8 Å². The highest BCUT2D eigenvalue weighted by Crippen LogP contribution is 2.38. The second-order valence-electron chi connectivity index (χ2n) is 6.00. The lowest BCUT2D eigenvalue weighted by Crippen LogP contribution is -2.36. The third-order valence-corrected chi connectivity index (χ3v) is 4.25. The van der Waals surface area contributed by atoms with Gasteiger partial charge in [0.15, 0.2) is 0 Å². The van der Waals surface area contributed by atoms with Crippen molar-refractivity contribution < 1.29 is 9.59 Å². The number of nitrogens with one attached hydrogen (secondary N) is 1. The van der Waals surface area contributed by atoms with Crippen LogP contribution in [-0.2, 0) is 9.59 Å². The third-order valence-electron chi connectivity index (χ3n) is 4.25. The van der Waals surface area contributed by atoms with Crippen molar-refractivity contribution in [3.8, 4) is 0 Å². The Morgan fingerprint density at radius 3 is 2.56 bits per heavy atom. The van der Waals surface area contributed by atoms with Crippen LogP contribution in [0.4, 0.5) is 0 Å². The molecule has 0 aromatic carbocycles. The Kier molecular flexibility index (Phi) is 5.63. The van der Waals surface area contributed by atoms with E-state index in [0.29, 0.717) is 24.2 Å². The van der Waals surface area contributed by atoms with E-state index in [2.05, 4.69) is 26.1 Å². The highest BCUT2D eigenvalue weighted by atomic mass is 16.2. The number of primary amides is 1. The van der Waals surface area contributed by atoms with Crippen molar-refractivity contribution in [2.24, 2.45) is 29.4 Å². The molecule has 2 amide bonds. The molecule has 104 valence electrons. The summed E-state index contributed by atoms with van der Waals surface area (Å²) in [6.45, 7) is 6.69. The van der Waals surface area contributed by atoms with Crippen molar-refractivity contribution in [2.75, 3.05) is 6.54 Å². The molecule has 0 spiro atoms. The van der Waals surface area contributed by atoms with Gasteiger partial charge in [0, 0.05) is 6.42 Å². The molecule has 3 N–H and O–H groups in total. The maximum absolute atomic E-state index is 11.7. The molecule has 4 nitrogen and oxygen atoms in total. The average molecular weight is 254 g/mol. The zero-order valence-electron chi connectivity index (χ0n) is 11.7. The van der Waals surface area contributed by atoms with E-state index in [0.717, 1.165) is 12.3 Å². The molecular formula is C14H26N2O2. The molecule has 3 unspecified atom stereocenters. The van der Waals surface area contributed by atoms with Crippen molar-refractivity contribution in [2.45, 2.75) is 46.5 Å². The standard InChI is InChI=1S/C14H26N2O2/c1-9(2)11-5-4-10(3)12(6-11)7-14(18)16-8-13(15)17/h9-12H,4-8H2,1-3H3,(H2,15,17)(H,16,18). The molecule has 1 rings (SSSR count). The zero-order chi connectivity index (χ0) is 13.7. The minimum absolute atomic E-state index is 0.0462. The first-order valence-corrected chi connectivity index (χ1v) is 6.95. The van der Waals surface area contributed by atoms with Crippen LogP contribution in [0.25, 0.3) is 0 Å². The predicted molar refractivity (Wildman–Crippen MR) is 71.7 cm³/mol. The SMILES string of the molecule is CC(C)C1CCC(C)C(CC(=O)NCC(N)=O)C1. The lowest BCUT2D eigenvalue weighted by molar-refractivity contribution is -0.126. The van der Waals surface area contributed by atoms with Crippen LogP contribution in [0, 0.1) is 23.7 Å². The Morgan fingerprint density at radius 2 is 2.00 bits per heavy atom. The molecule has 3 atom stereocenters. The molecule has 1 aliphatic rings. The first-order valence-electron chi connectivity index (χ1n) is 6.95. The van der Waals surface area contributed by atoms with Crippen LogP contribution in [0.2, 0.25) is 0 Å². The van der Waals surface area contributed by atoms with Crippen LogP contribution in [0.5, 0.6) is 0 Å². The van der Waals surface area contributed by atoms with Gasteiger partial charge >= 0.3 is 0 Å². The molecule has 1 aliphatic carbocycles. The number of nitrogens with two attached hydrogens (primary N) is 1. The van der Waals surface area contributed by atoms with Gasteiger partial charge in [-0.1, -0.05) is 27.2 Å². The molecule has 1 saturated carbocycles. The molecule has 0 aromatic rings. The summed E-state index contributed by atoms with van der Waals surface area (Å²) in [7, 11) is 0. The highest BCUT2D eigenvalue weighted by molar-refractivity contribution is 5.83. The Labute approximate surface area is 110 Å². The zero-order valence-corrected chi connectivity index (χ0v) is 11.7. The quantitative estimate of drug-likeness (QED) is 0.783. The number of hydrogen-bond acceptors (Lipinski definition) is 2. The van der Waals surface area contributed by atoms with E-state index >= 15 is 0 Å². The summed E-state index contributed by atoms with van der Waals surface area (Å²) in [6, 6.07) is 0. The van der Waals surface area contributed by atoms with Gasteiger partial charge in [0.1, 0.15) is 0 Å². The first kappa shape index (κ1) is 15.0. The second kappa shape index (κ2) is 6.76. The van der Waals surface area contributed by atoms with Crippen molar-refractivity contribution in [1.29, 1.82) is 0 Å². The lowest BCUT2D eigenvalue weighted by atomic mass is 9.70. The van der Waals surface area contributed by atoms with Crippen molar-refractivity contribution in [1.82, 2.24) is 5.32 Å². The molecule has 4 heteroatoms. The minimum Gasteiger partial charge on any atom is -0.368 e. The number of carbonyl (C=O) groups excluding carboxylic acids is 2. The average Bonchev–Trinajstić information content (AvgIpc) is 2.29. The van der Waals surface area contributed by atoms with Crippen LogP contribution >= 0.6 is 0 Å². The Balaban J connectivity index is 2.43. The molecule has 0 radical (unpaired) electrons. The Morgan fingerprint density at radius 1 is 1.33 bits per heavy atom. The van der Waals surface area contributed by atoms with Crippen molar-refractivity contribution in [3.05, 3.63) is 0 Å². The van der Waals surface area contributed by atoms with Gasteiger partial charge < -0.3 is 11.1 Å². The van der Waals surface area contributed by atoms with Gasteiger partial charge in [-0.3, -0.25) is 9.59 Å². The van der Waals surface area contributed by atoms with Gasteiger partial charge in [0.25, 0.3) is 0 Å². The molecule has 0 bridgehead atoms. The topological polar surface area (TPSA) is 72.2 Å². The van der Waals surface area contributed by atoms with Crippen molar-refractivity contribution >= 4 is 11.8 Å². The van der Waals surface area contributed by atoms with Crippen LogP contribution in [0.15, 0.2) is 0 Å². The first-order chi connectivity index (χ1) is 8.40. The maximum Gasteiger partial charge on any atom is 0.236 e. The van der Waals surface area contributed by atoms with E-state index in [1.807, 2.05) is 0 Å². The highest BCUT2D eigenvalue weighted by Gasteiger charge is 2.30.